The molecule has 0 radical (unpaired) electrons. The molecule has 0 aliphatic heterocycles. The van der Waals surface area contributed by atoms with Gasteiger partial charge in [0.1, 0.15) is 6.73 Å². The van der Waals surface area contributed by atoms with Crippen LogP contribution in [0.5, 0.6) is 0 Å². The highest BCUT2D eigenvalue weighted by Crippen LogP contribution is 2.16. The van der Waals surface area contributed by atoms with Crippen molar-refractivity contribution >= 4 is 10.0 Å². The second kappa shape index (κ2) is 11.0. The molecule has 0 atom stereocenters. The molecule has 154 valence electrons. The van der Waals surface area contributed by atoms with E-state index in [-0.39, 0.29) is 18.2 Å². The summed E-state index contributed by atoms with van der Waals surface area (Å²) in [7, 11) is -2.17. The van der Waals surface area contributed by atoms with Gasteiger partial charge >= 0.3 is 0 Å². The normalized spacial score (nSPS) is 11.6. The predicted octanol–water partition coefficient (Wildman–Crippen LogP) is 4.40. The summed E-state index contributed by atoms with van der Waals surface area (Å²) in [6, 6.07) is 13.3. The van der Waals surface area contributed by atoms with Crippen LogP contribution in [0, 0.1) is 32.6 Å². The highest BCUT2D eigenvalue weighted by atomic mass is 32.2. The number of benzene rings is 2. The largest absolute Gasteiger partial charge is 0.368 e. The second-order valence-electron chi connectivity index (χ2n) is 7.10. The van der Waals surface area contributed by atoms with Crippen molar-refractivity contribution in [3.05, 3.63) is 76.9 Å². The van der Waals surface area contributed by atoms with E-state index >= 15 is 0 Å². The van der Waals surface area contributed by atoms with Crippen molar-refractivity contribution in [2.75, 3.05) is 20.4 Å². The van der Waals surface area contributed by atoms with Crippen LogP contribution in [0.25, 0.3) is 0 Å². The lowest BCUT2D eigenvalue weighted by atomic mass is 10.0. The predicted molar refractivity (Wildman–Crippen MR) is 118 cm³/mol. The number of nitrogens with zero attached hydrogens (tertiary/aromatic N) is 1. The van der Waals surface area contributed by atoms with E-state index in [4.69, 9.17) is 4.74 Å². The molecule has 0 aromatic heterocycles. The Hall–Kier alpha value is -2.39. The second-order valence-corrected chi connectivity index (χ2v) is 9.04. The zero-order valence-corrected chi connectivity index (χ0v) is 18.4. The first-order valence-electron chi connectivity index (χ1n) is 9.59. The highest BCUT2D eigenvalue weighted by molar-refractivity contribution is 7.89. The molecule has 0 N–H and O–H groups in total. The van der Waals surface area contributed by atoms with E-state index in [1.807, 2.05) is 13.0 Å². The lowest BCUT2D eigenvalue weighted by Gasteiger charge is -2.18. The molecule has 0 amide bonds. The summed E-state index contributed by atoms with van der Waals surface area (Å²) < 4.78 is 31.8. The quantitative estimate of drug-likeness (QED) is 0.478. The molecular formula is C24H29NO3S. The van der Waals surface area contributed by atoms with Crippen molar-refractivity contribution in [2.45, 2.75) is 38.5 Å². The van der Waals surface area contributed by atoms with Crippen LogP contribution in [0.2, 0.25) is 0 Å². The van der Waals surface area contributed by atoms with Crippen molar-refractivity contribution in [3.63, 3.8) is 0 Å². The molecule has 0 heterocycles. The SMILES string of the molecule is COCN(CC#C/C=C/CCc1cc(C)cc(C)c1)S(=O)(=O)c1ccc(C)cc1. The smallest absolute Gasteiger partial charge is 0.245 e. The molecule has 0 saturated heterocycles. The highest BCUT2D eigenvalue weighted by Gasteiger charge is 2.23. The van der Waals surface area contributed by atoms with E-state index in [1.54, 1.807) is 30.3 Å². The number of rotatable bonds is 8. The van der Waals surface area contributed by atoms with E-state index in [9.17, 15) is 8.42 Å². The Morgan fingerprint density at radius 1 is 1.00 bits per heavy atom. The third-order valence-electron chi connectivity index (χ3n) is 4.37. The van der Waals surface area contributed by atoms with Crippen molar-refractivity contribution in [1.82, 2.24) is 4.31 Å². The van der Waals surface area contributed by atoms with Crippen LogP contribution in [-0.2, 0) is 21.2 Å². The van der Waals surface area contributed by atoms with Gasteiger partial charge in [-0.2, -0.15) is 4.31 Å². The molecule has 2 rings (SSSR count). The van der Waals surface area contributed by atoms with Gasteiger partial charge in [-0.3, -0.25) is 0 Å². The number of hydrogen-bond acceptors (Lipinski definition) is 3. The first kappa shape index (κ1) is 22.9. The van der Waals surface area contributed by atoms with Gasteiger partial charge in [0, 0.05) is 7.11 Å². The van der Waals surface area contributed by atoms with Gasteiger partial charge < -0.3 is 4.74 Å². The minimum atomic E-state index is -3.64. The Morgan fingerprint density at radius 3 is 2.28 bits per heavy atom. The number of allylic oxidation sites excluding steroid dienone is 2. The van der Waals surface area contributed by atoms with Crippen molar-refractivity contribution in [1.29, 1.82) is 0 Å². The minimum Gasteiger partial charge on any atom is -0.368 e. The number of sulfonamides is 1. The van der Waals surface area contributed by atoms with E-state index in [2.05, 4.69) is 43.9 Å². The number of hydrogen-bond donors (Lipinski definition) is 0. The Kier molecular flexibility index (Phi) is 8.66. The average Bonchev–Trinajstić information content (AvgIpc) is 2.66. The maximum atomic E-state index is 12.8. The van der Waals surface area contributed by atoms with Gasteiger partial charge in [-0.1, -0.05) is 64.9 Å². The van der Waals surface area contributed by atoms with Crippen LogP contribution in [0.3, 0.4) is 0 Å². The first-order chi connectivity index (χ1) is 13.8. The molecule has 5 heteroatoms. The maximum Gasteiger partial charge on any atom is 0.245 e. The van der Waals surface area contributed by atoms with Gasteiger partial charge in [-0.25, -0.2) is 8.42 Å². The lowest BCUT2D eigenvalue weighted by Crippen LogP contribution is -2.33. The lowest BCUT2D eigenvalue weighted by molar-refractivity contribution is 0.124. The molecule has 0 fully saturated rings. The summed E-state index contributed by atoms with van der Waals surface area (Å²) in [6.45, 7) is 6.16. The Balaban J connectivity index is 1.94. The minimum absolute atomic E-state index is 0.0404. The molecule has 4 nitrogen and oxygen atoms in total. The van der Waals surface area contributed by atoms with Crippen LogP contribution in [0.1, 0.15) is 28.7 Å². The van der Waals surface area contributed by atoms with Crippen molar-refractivity contribution in [2.24, 2.45) is 0 Å². The van der Waals surface area contributed by atoms with Crippen LogP contribution < -0.4 is 0 Å². The molecule has 0 spiro atoms. The zero-order valence-electron chi connectivity index (χ0n) is 17.6. The molecular weight excluding hydrogens is 382 g/mol. The van der Waals surface area contributed by atoms with Gasteiger partial charge in [-0.15, -0.1) is 0 Å². The Bertz CT molecular complexity index is 976. The monoisotopic (exact) mass is 411 g/mol. The van der Waals surface area contributed by atoms with Gasteiger partial charge in [0.05, 0.1) is 11.4 Å². The van der Waals surface area contributed by atoms with E-state index in [0.717, 1.165) is 18.4 Å². The Labute approximate surface area is 175 Å². The summed E-state index contributed by atoms with van der Waals surface area (Å²) in [5.41, 5.74) is 4.87. The zero-order chi connectivity index (χ0) is 21.3. The molecule has 0 saturated carbocycles. The van der Waals surface area contributed by atoms with Crippen molar-refractivity contribution in [3.8, 4) is 11.8 Å². The number of ether oxygens (including phenoxy) is 1. The molecule has 0 bridgehead atoms. The molecule has 0 unspecified atom stereocenters. The Morgan fingerprint density at radius 2 is 1.66 bits per heavy atom. The van der Waals surface area contributed by atoms with Crippen LogP contribution in [0.4, 0.5) is 0 Å². The number of methoxy groups -OCH3 is 1. The van der Waals surface area contributed by atoms with Crippen LogP contribution in [0.15, 0.2) is 59.5 Å². The molecule has 29 heavy (non-hydrogen) atoms. The van der Waals surface area contributed by atoms with Gasteiger partial charge in [0.25, 0.3) is 0 Å². The van der Waals surface area contributed by atoms with Crippen LogP contribution in [-0.4, -0.2) is 33.1 Å². The van der Waals surface area contributed by atoms with E-state index in [1.165, 1.54) is 28.1 Å². The first-order valence-corrected chi connectivity index (χ1v) is 11.0. The molecule has 0 aliphatic rings. The molecule has 2 aromatic rings. The third-order valence-corrected chi connectivity index (χ3v) is 6.15. The van der Waals surface area contributed by atoms with Gasteiger partial charge in [-0.05, 0) is 57.4 Å². The van der Waals surface area contributed by atoms with E-state index < -0.39 is 10.0 Å². The van der Waals surface area contributed by atoms with Crippen molar-refractivity contribution < 1.29 is 13.2 Å². The summed E-state index contributed by atoms with van der Waals surface area (Å²) in [4.78, 5) is 0.242. The summed E-state index contributed by atoms with van der Waals surface area (Å²) in [5, 5.41) is 0. The van der Waals surface area contributed by atoms with Gasteiger partial charge in [0.2, 0.25) is 10.0 Å². The fourth-order valence-electron chi connectivity index (χ4n) is 3.00. The standard InChI is InChI=1S/C24H29NO3S/c1-20-11-13-24(14-12-20)29(26,27)25(19-28-4)15-9-7-5-6-8-10-23-17-21(2)16-22(3)18-23/h5-6,11-14,16-18H,8,10,15,19H2,1-4H3/b6-5+. The maximum absolute atomic E-state index is 12.8. The number of aryl methyl sites for hydroxylation is 4. The van der Waals surface area contributed by atoms with Crippen LogP contribution >= 0.6 is 0 Å². The van der Waals surface area contributed by atoms with Gasteiger partial charge in [0.15, 0.2) is 0 Å². The molecule has 2 aromatic carbocycles. The summed E-state index contributed by atoms with van der Waals surface area (Å²) >= 11 is 0. The fourth-order valence-corrected chi connectivity index (χ4v) is 4.26. The average molecular weight is 412 g/mol. The third kappa shape index (κ3) is 7.17. The fraction of sp³-hybridized carbons (Fsp3) is 0.333. The van der Waals surface area contributed by atoms with E-state index in [0.29, 0.717) is 0 Å². The summed E-state index contributed by atoms with van der Waals surface area (Å²) in [5.74, 6) is 5.83. The topological polar surface area (TPSA) is 46.6 Å². The summed E-state index contributed by atoms with van der Waals surface area (Å²) in [6.07, 6.45) is 5.64. The molecule has 0 aliphatic carbocycles.